The average Bonchev–Trinajstić information content (AvgIpc) is 3.33. The third-order valence-corrected chi connectivity index (χ3v) is 9.10. The Balaban J connectivity index is 1.43. The number of nitrogens with one attached hydrogen (secondary N) is 2. The summed E-state index contributed by atoms with van der Waals surface area (Å²) < 4.78 is 11.6. The fourth-order valence-electron chi connectivity index (χ4n) is 5.69. The Kier molecular flexibility index (Phi) is 12.1. The second kappa shape index (κ2) is 16.0. The number of carbonyl (C=O) groups excluding carboxylic acids is 3. The first-order valence-corrected chi connectivity index (χ1v) is 16.0. The fourth-order valence-corrected chi connectivity index (χ4v) is 6.89. The molecule has 0 bridgehead atoms. The zero-order valence-electron chi connectivity index (χ0n) is 25.2. The van der Waals surface area contributed by atoms with Crippen molar-refractivity contribution in [2.75, 3.05) is 18.9 Å². The summed E-state index contributed by atoms with van der Waals surface area (Å²) in [6.07, 6.45) is -3.85. The maximum Gasteiger partial charge on any atom is 0.407 e. The quantitative estimate of drug-likeness (QED) is 0.0894. The Labute approximate surface area is 265 Å². The van der Waals surface area contributed by atoms with Gasteiger partial charge in [0.25, 0.3) is 0 Å². The number of primary amides is 1. The molecule has 14 heteroatoms. The van der Waals surface area contributed by atoms with Gasteiger partial charge in [0, 0.05) is 17.3 Å². The minimum Gasteiger partial charge on any atom is -0.449 e. The number of alkyl carbamates (subject to hydrolysis) is 1. The lowest BCUT2D eigenvalue weighted by molar-refractivity contribution is -0.161. The lowest BCUT2D eigenvalue weighted by Crippen LogP contribution is -2.65. The van der Waals surface area contributed by atoms with Crippen LogP contribution in [0.15, 0.2) is 53.6 Å². The number of aliphatic hydroxyl groups excluding tert-OH is 2. The second-order valence-corrected chi connectivity index (χ2v) is 12.8. The van der Waals surface area contributed by atoms with Crippen LogP contribution in [0, 0.1) is 5.92 Å². The topological polar surface area (TPSA) is 209 Å². The van der Waals surface area contributed by atoms with Gasteiger partial charge in [0.1, 0.15) is 30.3 Å². The van der Waals surface area contributed by atoms with Gasteiger partial charge in [-0.2, -0.15) is 0 Å². The van der Waals surface area contributed by atoms with Gasteiger partial charge in [-0.05, 0) is 52.3 Å². The Morgan fingerprint density at radius 1 is 1.09 bits per heavy atom. The van der Waals surface area contributed by atoms with E-state index in [0.29, 0.717) is 12.2 Å². The first-order chi connectivity index (χ1) is 21.6. The van der Waals surface area contributed by atoms with E-state index in [-0.39, 0.29) is 37.8 Å². The zero-order valence-corrected chi connectivity index (χ0v) is 26.1. The van der Waals surface area contributed by atoms with Crippen LogP contribution in [0.1, 0.15) is 50.2 Å². The maximum atomic E-state index is 13.6. The average molecular weight is 641 g/mol. The first kappa shape index (κ1) is 34.1. The van der Waals surface area contributed by atoms with Crippen molar-refractivity contribution in [1.29, 1.82) is 0 Å². The van der Waals surface area contributed by atoms with Crippen LogP contribution in [0.5, 0.6) is 0 Å². The predicted octanol–water partition coefficient (Wildman–Crippen LogP) is 3.18. The van der Waals surface area contributed by atoms with Crippen LogP contribution < -0.4 is 16.4 Å². The minimum atomic E-state index is -1.47. The van der Waals surface area contributed by atoms with Crippen molar-refractivity contribution in [3.05, 3.63) is 70.1 Å². The zero-order chi connectivity index (χ0) is 32.5. The molecule has 2 aromatic rings. The van der Waals surface area contributed by atoms with E-state index in [1.54, 1.807) is 0 Å². The van der Waals surface area contributed by atoms with Crippen molar-refractivity contribution >= 4 is 29.7 Å². The number of carbonyl (C=O) groups is 3. The van der Waals surface area contributed by atoms with Crippen LogP contribution in [0.25, 0.3) is 21.6 Å². The molecule has 1 aliphatic heterocycles. The third kappa shape index (κ3) is 8.68. The molecule has 13 nitrogen and oxygen atoms in total. The van der Waals surface area contributed by atoms with Crippen LogP contribution in [-0.4, -0.2) is 82.9 Å². The predicted molar refractivity (Wildman–Crippen MR) is 169 cm³/mol. The highest BCUT2D eigenvalue weighted by Crippen LogP contribution is 2.44. The van der Waals surface area contributed by atoms with Gasteiger partial charge < -0.3 is 36.1 Å². The molecule has 242 valence electrons. The van der Waals surface area contributed by atoms with Gasteiger partial charge in [-0.15, -0.1) is 11.8 Å². The van der Waals surface area contributed by atoms with E-state index in [1.165, 1.54) is 11.8 Å². The molecular weight excluding hydrogens is 600 g/mol. The van der Waals surface area contributed by atoms with E-state index in [1.807, 2.05) is 62.4 Å². The molecule has 1 saturated heterocycles. The number of fused-ring (bicyclic) bond motifs is 3. The number of amides is 3. The number of aliphatic hydroxyl groups is 2. The number of benzene rings is 2. The van der Waals surface area contributed by atoms with Gasteiger partial charge in [0.2, 0.25) is 11.8 Å². The molecule has 6 N–H and O–H groups in total. The molecule has 0 radical (unpaired) electrons. The van der Waals surface area contributed by atoms with E-state index in [9.17, 15) is 24.6 Å². The maximum absolute atomic E-state index is 13.6. The van der Waals surface area contributed by atoms with Crippen molar-refractivity contribution in [2.24, 2.45) is 16.8 Å². The largest absolute Gasteiger partial charge is 0.449 e. The molecule has 45 heavy (non-hydrogen) atoms. The summed E-state index contributed by atoms with van der Waals surface area (Å²) >= 11 is 1.22. The van der Waals surface area contributed by atoms with Gasteiger partial charge in [0.05, 0.1) is 18.7 Å². The standard InChI is InChI=1S/C31H40N6O7S/c1-17(2)14-23(35-31(42)43-16-22-20-10-5-3-8-18(20)19-9-4-6-11-21(19)22)29(41)36-26-28(40)27(39)24(15-34-37-33)44-30(26)45-13-7-12-25(32)38/h3-6,8-11,17,22-24,26-28,30,39-40H,7,12-16H2,1-2H3,(H2,32,38)(H,35,42)(H,36,41)/t23-,24+,26+,27-,28+,30+/m0/s1. The molecule has 1 heterocycles. The highest BCUT2D eigenvalue weighted by Gasteiger charge is 2.45. The molecule has 3 amide bonds. The molecule has 0 aromatic heterocycles. The number of azide groups is 1. The van der Waals surface area contributed by atoms with Crippen molar-refractivity contribution in [2.45, 2.75) is 74.9 Å². The molecule has 0 saturated carbocycles. The van der Waals surface area contributed by atoms with Crippen molar-refractivity contribution in [3.63, 3.8) is 0 Å². The number of rotatable bonds is 14. The molecule has 2 aliphatic rings. The molecule has 2 aromatic carbocycles. The number of nitrogens with zero attached hydrogens (tertiary/aromatic N) is 3. The first-order valence-electron chi connectivity index (χ1n) is 14.9. The smallest absolute Gasteiger partial charge is 0.407 e. The van der Waals surface area contributed by atoms with Gasteiger partial charge >= 0.3 is 6.09 Å². The van der Waals surface area contributed by atoms with Crippen molar-refractivity contribution < 1.29 is 34.1 Å². The van der Waals surface area contributed by atoms with Gasteiger partial charge in [-0.3, -0.25) is 9.59 Å². The van der Waals surface area contributed by atoms with Gasteiger partial charge in [-0.25, -0.2) is 4.79 Å². The summed E-state index contributed by atoms with van der Waals surface area (Å²) in [5.41, 5.74) is 17.4. The van der Waals surface area contributed by atoms with E-state index in [2.05, 4.69) is 20.7 Å². The lowest BCUT2D eigenvalue weighted by Gasteiger charge is -2.43. The summed E-state index contributed by atoms with van der Waals surface area (Å²) in [6, 6.07) is 13.9. The fraction of sp³-hybridized carbons (Fsp3) is 0.516. The molecule has 4 rings (SSSR count). The molecule has 1 fully saturated rings. The van der Waals surface area contributed by atoms with E-state index in [4.69, 9.17) is 20.7 Å². The Morgan fingerprint density at radius 3 is 2.33 bits per heavy atom. The molecule has 6 atom stereocenters. The summed E-state index contributed by atoms with van der Waals surface area (Å²) in [4.78, 5) is 40.5. The monoisotopic (exact) mass is 640 g/mol. The van der Waals surface area contributed by atoms with Crippen LogP contribution in [-0.2, 0) is 19.1 Å². The second-order valence-electron chi connectivity index (χ2n) is 11.6. The lowest BCUT2D eigenvalue weighted by atomic mass is 9.96. The normalized spacial score (nSPS) is 22.9. The van der Waals surface area contributed by atoms with Crippen LogP contribution >= 0.6 is 11.8 Å². The summed E-state index contributed by atoms with van der Waals surface area (Å²) in [5, 5.41) is 30.6. The Morgan fingerprint density at radius 2 is 1.73 bits per heavy atom. The van der Waals surface area contributed by atoms with E-state index in [0.717, 1.165) is 22.3 Å². The molecular formula is C31H40N6O7S. The highest BCUT2D eigenvalue weighted by atomic mass is 32.2. The SMILES string of the molecule is CC(C)C[C@H](NC(=O)OCC1c2ccccc2-c2ccccc21)C(=O)N[C@@H]1[C@@H](O)[C@@H](O)[C@@H](CN=[N+]=[N-])O[C@@H]1SCCCC(N)=O. The van der Waals surface area contributed by atoms with Crippen LogP contribution in [0.2, 0.25) is 0 Å². The van der Waals surface area contributed by atoms with Crippen molar-refractivity contribution in [1.82, 2.24) is 10.6 Å². The van der Waals surface area contributed by atoms with Gasteiger partial charge in [-0.1, -0.05) is 67.5 Å². The third-order valence-electron chi connectivity index (χ3n) is 7.84. The highest BCUT2D eigenvalue weighted by molar-refractivity contribution is 7.99. The molecule has 0 spiro atoms. The van der Waals surface area contributed by atoms with Crippen LogP contribution in [0.4, 0.5) is 4.79 Å². The number of hydrogen-bond donors (Lipinski definition) is 5. The van der Waals surface area contributed by atoms with Crippen LogP contribution in [0.3, 0.4) is 0 Å². The summed E-state index contributed by atoms with van der Waals surface area (Å²) in [7, 11) is 0. The molecule has 0 unspecified atom stereocenters. The Bertz CT molecular complexity index is 1360. The number of nitrogens with two attached hydrogens (primary N) is 1. The number of hydrogen-bond acceptors (Lipinski definition) is 9. The summed E-state index contributed by atoms with van der Waals surface area (Å²) in [6.45, 7) is 3.65. The van der Waals surface area contributed by atoms with E-state index >= 15 is 0 Å². The Hall–Kier alpha value is -3.81. The minimum absolute atomic E-state index is 0.0138. The number of thioether (sulfide) groups is 1. The summed E-state index contributed by atoms with van der Waals surface area (Å²) in [5.74, 6) is -0.780. The number of ether oxygens (including phenoxy) is 2. The van der Waals surface area contributed by atoms with Crippen molar-refractivity contribution in [3.8, 4) is 11.1 Å². The molecule has 1 aliphatic carbocycles. The van der Waals surface area contributed by atoms with E-state index < -0.39 is 53.7 Å². The van der Waals surface area contributed by atoms with Gasteiger partial charge in [0.15, 0.2) is 0 Å².